The van der Waals surface area contributed by atoms with Crippen LogP contribution in [0, 0.1) is 13.8 Å². The second-order valence-electron chi connectivity index (χ2n) is 4.54. The van der Waals surface area contributed by atoms with Gasteiger partial charge in [0.15, 0.2) is 4.96 Å². The first-order chi connectivity index (χ1) is 9.66. The fraction of sp³-hybridized carbons (Fsp3) is 0.133. The lowest BCUT2D eigenvalue weighted by Gasteiger charge is -2.02. The van der Waals surface area contributed by atoms with Crippen LogP contribution in [0.1, 0.15) is 22.5 Å². The zero-order valence-corrected chi connectivity index (χ0v) is 12.0. The maximum absolute atomic E-state index is 12.3. The summed E-state index contributed by atoms with van der Waals surface area (Å²) in [6.07, 6.45) is 7.28. The SMILES string of the molecule is Cc1c(C=Cc2cccnc2)nc2scc(C)n2c1=O. The highest BCUT2D eigenvalue weighted by molar-refractivity contribution is 7.15. The standard InChI is InChI=1S/C15H13N3OS/c1-10-9-20-15-17-13(11(2)14(19)18(10)15)6-5-12-4-3-7-16-8-12/h3-9H,1-2H3. The first kappa shape index (κ1) is 12.7. The minimum absolute atomic E-state index is 0.000383. The molecule has 5 heteroatoms. The fourth-order valence-corrected chi connectivity index (χ4v) is 2.86. The average Bonchev–Trinajstić information content (AvgIpc) is 2.84. The zero-order valence-electron chi connectivity index (χ0n) is 11.2. The summed E-state index contributed by atoms with van der Waals surface area (Å²) in [5.74, 6) is 0. The summed E-state index contributed by atoms with van der Waals surface area (Å²) in [6.45, 7) is 3.72. The Labute approximate surface area is 120 Å². The van der Waals surface area contributed by atoms with Crippen LogP contribution in [0.5, 0.6) is 0 Å². The third-order valence-corrected chi connectivity index (χ3v) is 4.06. The van der Waals surface area contributed by atoms with E-state index in [0.29, 0.717) is 11.3 Å². The van der Waals surface area contributed by atoms with Gasteiger partial charge in [-0.05, 0) is 31.6 Å². The van der Waals surface area contributed by atoms with Crippen molar-refractivity contribution in [3.05, 3.63) is 62.8 Å². The van der Waals surface area contributed by atoms with Gasteiger partial charge in [0.05, 0.1) is 5.69 Å². The number of pyridine rings is 1. The molecule has 0 radical (unpaired) electrons. The summed E-state index contributed by atoms with van der Waals surface area (Å²) in [6, 6.07) is 3.83. The summed E-state index contributed by atoms with van der Waals surface area (Å²) in [5.41, 5.74) is 3.27. The van der Waals surface area contributed by atoms with Crippen molar-refractivity contribution in [2.24, 2.45) is 0 Å². The molecule has 20 heavy (non-hydrogen) atoms. The molecule has 0 saturated carbocycles. The summed E-state index contributed by atoms with van der Waals surface area (Å²) < 4.78 is 1.65. The van der Waals surface area contributed by atoms with Gasteiger partial charge in [0.2, 0.25) is 0 Å². The van der Waals surface area contributed by atoms with E-state index < -0.39 is 0 Å². The van der Waals surface area contributed by atoms with Crippen molar-refractivity contribution in [1.29, 1.82) is 0 Å². The van der Waals surface area contributed by atoms with Gasteiger partial charge >= 0.3 is 0 Å². The zero-order chi connectivity index (χ0) is 14.1. The second kappa shape index (κ2) is 5.02. The highest BCUT2D eigenvalue weighted by Crippen LogP contribution is 2.15. The summed E-state index contributed by atoms with van der Waals surface area (Å²) in [7, 11) is 0. The molecule has 4 nitrogen and oxygen atoms in total. The molecular weight excluding hydrogens is 270 g/mol. The molecule has 0 amide bonds. The molecule has 0 unspecified atom stereocenters. The molecule has 0 saturated heterocycles. The number of fused-ring (bicyclic) bond motifs is 1. The van der Waals surface area contributed by atoms with Gasteiger partial charge in [0.1, 0.15) is 0 Å². The van der Waals surface area contributed by atoms with Gasteiger partial charge in [-0.2, -0.15) is 0 Å². The average molecular weight is 283 g/mol. The van der Waals surface area contributed by atoms with Crippen LogP contribution >= 0.6 is 11.3 Å². The molecule has 0 bridgehead atoms. The minimum atomic E-state index is -0.000383. The quantitative estimate of drug-likeness (QED) is 0.726. The van der Waals surface area contributed by atoms with Gasteiger partial charge in [-0.3, -0.25) is 14.2 Å². The van der Waals surface area contributed by atoms with E-state index in [4.69, 9.17) is 0 Å². The van der Waals surface area contributed by atoms with Crippen molar-refractivity contribution in [3.63, 3.8) is 0 Å². The van der Waals surface area contributed by atoms with Crippen LogP contribution in [0.15, 0.2) is 34.7 Å². The van der Waals surface area contributed by atoms with Crippen LogP contribution in [-0.4, -0.2) is 14.4 Å². The lowest BCUT2D eigenvalue weighted by Crippen LogP contribution is -2.18. The molecule has 0 aliphatic heterocycles. The second-order valence-corrected chi connectivity index (χ2v) is 5.38. The molecule has 3 aromatic rings. The lowest BCUT2D eigenvalue weighted by atomic mass is 10.2. The number of aromatic nitrogens is 3. The van der Waals surface area contributed by atoms with E-state index in [1.54, 1.807) is 16.8 Å². The minimum Gasteiger partial charge on any atom is -0.269 e. The highest BCUT2D eigenvalue weighted by atomic mass is 32.1. The Bertz CT molecular complexity index is 847. The van der Waals surface area contributed by atoms with Gasteiger partial charge in [-0.1, -0.05) is 12.1 Å². The predicted molar refractivity (Wildman–Crippen MR) is 82.0 cm³/mol. The van der Waals surface area contributed by atoms with Crippen molar-refractivity contribution < 1.29 is 0 Å². The van der Waals surface area contributed by atoms with E-state index >= 15 is 0 Å². The molecule has 100 valence electrons. The Morgan fingerprint density at radius 1 is 1.30 bits per heavy atom. The van der Waals surface area contributed by atoms with E-state index in [1.165, 1.54) is 11.3 Å². The fourth-order valence-electron chi connectivity index (χ4n) is 1.99. The maximum atomic E-state index is 12.3. The maximum Gasteiger partial charge on any atom is 0.262 e. The Hall–Kier alpha value is -2.27. The van der Waals surface area contributed by atoms with Gasteiger partial charge < -0.3 is 0 Å². The topological polar surface area (TPSA) is 47.3 Å². The van der Waals surface area contributed by atoms with Crippen molar-refractivity contribution in [1.82, 2.24) is 14.4 Å². The van der Waals surface area contributed by atoms with Crippen LogP contribution < -0.4 is 5.56 Å². The molecule has 0 N–H and O–H groups in total. The Morgan fingerprint density at radius 3 is 2.90 bits per heavy atom. The Kier molecular flexibility index (Phi) is 3.20. The summed E-state index contributed by atoms with van der Waals surface area (Å²) in [5, 5.41) is 1.94. The van der Waals surface area contributed by atoms with Gasteiger partial charge in [-0.25, -0.2) is 4.98 Å². The highest BCUT2D eigenvalue weighted by Gasteiger charge is 2.09. The largest absolute Gasteiger partial charge is 0.269 e. The first-order valence-corrected chi connectivity index (χ1v) is 7.10. The van der Waals surface area contributed by atoms with E-state index in [9.17, 15) is 4.79 Å². The Balaban J connectivity index is 2.11. The molecule has 0 spiro atoms. The number of rotatable bonds is 2. The number of hydrogen-bond donors (Lipinski definition) is 0. The molecule has 0 aromatic carbocycles. The summed E-state index contributed by atoms with van der Waals surface area (Å²) >= 11 is 1.48. The number of thiazole rings is 1. The molecule has 0 fully saturated rings. The van der Waals surface area contributed by atoms with Crippen LogP contribution in [-0.2, 0) is 0 Å². The van der Waals surface area contributed by atoms with E-state index in [2.05, 4.69) is 9.97 Å². The van der Waals surface area contributed by atoms with Crippen LogP contribution in [0.4, 0.5) is 0 Å². The van der Waals surface area contributed by atoms with Crippen molar-refractivity contribution in [2.75, 3.05) is 0 Å². The summed E-state index contributed by atoms with van der Waals surface area (Å²) in [4.78, 5) is 21.7. The molecule has 3 heterocycles. The molecule has 0 aliphatic carbocycles. The van der Waals surface area contributed by atoms with Crippen molar-refractivity contribution >= 4 is 28.4 Å². The van der Waals surface area contributed by atoms with Gasteiger partial charge in [0.25, 0.3) is 5.56 Å². The van der Waals surface area contributed by atoms with Crippen LogP contribution in [0.3, 0.4) is 0 Å². The number of nitrogens with zero attached hydrogens (tertiary/aromatic N) is 3. The number of hydrogen-bond acceptors (Lipinski definition) is 4. The van der Waals surface area contributed by atoms with E-state index in [1.807, 2.05) is 43.5 Å². The normalized spacial score (nSPS) is 11.5. The van der Waals surface area contributed by atoms with E-state index in [0.717, 1.165) is 16.2 Å². The molecular formula is C15H13N3OS. The van der Waals surface area contributed by atoms with Crippen molar-refractivity contribution in [3.8, 4) is 0 Å². The molecule has 0 atom stereocenters. The van der Waals surface area contributed by atoms with Gasteiger partial charge in [-0.15, -0.1) is 11.3 Å². The lowest BCUT2D eigenvalue weighted by molar-refractivity contribution is 0.991. The molecule has 3 aromatic heterocycles. The third kappa shape index (κ3) is 2.16. The Morgan fingerprint density at radius 2 is 2.15 bits per heavy atom. The molecule has 3 rings (SSSR count). The third-order valence-electron chi connectivity index (χ3n) is 3.12. The van der Waals surface area contributed by atoms with Crippen LogP contribution in [0.2, 0.25) is 0 Å². The predicted octanol–water partition coefficient (Wildman–Crippen LogP) is 2.94. The van der Waals surface area contributed by atoms with Crippen molar-refractivity contribution in [2.45, 2.75) is 13.8 Å². The molecule has 0 aliphatic rings. The smallest absolute Gasteiger partial charge is 0.262 e. The number of aryl methyl sites for hydroxylation is 1. The first-order valence-electron chi connectivity index (χ1n) is 6.22. The van der Waals surface area contributed by atoms with E-state index in [-0.39, 0.29) is 5.56 Å². The monoisotopic (exact) mass is 283 g/mol. The van der Waals surface area contributed by atoms with Gasteiger partial charge in [0, 0.05) is 29.0 Å². The van der Waals surface area contributed by atoms with Crippen LogP contribution in [0.25, 0.3) is 17.1 Å².